The normalized spacial score (nSPS) is 12.7. The van der Waals surface area contributed by atoms with Gasteiger partial charge in [-0.1, -0.05) is 35.9 Å². The van der Waals surface area contributed by atoms with Crippen molar-refractivity contribution in [2.75, 3.05) is 6.26 Å². The smallest absolute Gasteiger partial charge is 0.300 e. The van der Waals surface area contributed by atoms with E-state index < -0.39 is 28.1 Å². The first-order valence-corrected chi connectivity index (χ1v) is 12.0. The maximum Gasteiger partial charge on any atom is 0.429 e. The van der Waals surface area contributed by atoms with Crippen molar-refractivity contribution >= 4 is 49.9 Å². The van der Waals surface area contributed by atoms with Crippen LogP contribution >= 0.6 is 22.9 Å². The van der Waals surface area contributed by atoms with Crippen molar-refractivity contribution in [3.05, 3.63) is 69.9 Å². The summed E-state index contributed by atoms with van der Waals surface area (Å²) in [5, 5.41) is 9.38. The molecule has 3 aromatic rings. The molecule has 0 radical (unpaired) electrons. The maximum atomic E-state index is 13.0. The Balaban J connectivity index is 2.04. The number of alkyl halides is 3. The number of benzene rings is 2. The zero-order chi connectivity index (χ0) is 22.8. The lowest BCUT2D eigenvalue weighted by atomic mass is 10.1. The average Bonchev–Trinajstić information content (AvgIpc) is 3.18. The number of aliphatic imine (C=N–C) groups is 1. The number of para-hydroxylation sites is 1. The number of hydrogen-bond donors (Lipinski definition) is 1. The van der Waals surface area contributed by atoms with E-state index in [1.54, 1.807) is 47.8 Å². The Morgan fingerprint density at radius 3 is 2.45 bits per heavy atom. The van der Waals surface area contributed by atoms with Gasteiger partial charge in [-0.05, 0) is 46.8 Å². The van der Waals surface area contributed by atoms with Gasteiger partial charge in [0.25, 0.3) is 0 Å². The van der Waals surface area contributed by atoms with E-state index in [-0.39, 0.29) is 15.6 Å². The minimum absolute atomic E-state index is 0.0472. The summed E-state index contributed by atoms with van der Waals surface area (Å²) in [7, 11) is -3.41. The Hall–Kier alpha value is -2.49. The Bertz CT molecular complexity index is 1270. The molecule has 0 amide bonds. The SMILES string of the molecule is CS(=O)(=O)c1cccc(-c2csc(C(CC(=N)C(F)(F)F)=Nc3ccccc3Cl)c2)c1. The highest BCUT2D eigenvalue weighted by Crippen LogP contribution is 2.32. The predicted octanol–water partition coefficient (Wildman–Crippen LogP) is 6.56. The van der Waals surface area contributed by atoms with Crippen LogP contribution in [0.3, 0.4) is 0 Å². The van der Waals surface area contributed by atoms with E-state index in [0.717, 1.165) is 17.6 Å². The molecule has 1 heterocycles. The fourth-order valence-electron chi connectivity index (χ4n) is 2.68. The van der Waals surface area contributed by atoms with Gasteiger partial charge in [-0.15, -0.1) is 11.3 Å². The third-order valence-corrected chi connectivity index (χ3v) is 6.68. The van der Waals surface area contributed by atoms with Crippen LogP contribution in [0, 0.1) is 5.41 Å². The summed E-state index contributed by atoms with van der Waals surface area (Å²) in [5.41, 5.74) is 0.158. The van der Waals surface area contributed by atoms with Crippen LogP contribution in [0.1, 0.15) is 11.3 Å². The van der Waals surface area contributed by atoms with Crippen molar-refractivity contribution < 1.29 is 21.6 Å². The van der Waals surface area contributed by atoms with Crippen LogP contribution in [-0.4, -0.2) is 32.3 Å². The fraction of sp³-hybridized carbons (Fsp3) is 0.143. The first kappa shape index (κ1) is 23.2. The number of nitrogens with one attached hydrogen (secondary N) is 1. The van der Waals surface area contributed by atoms with Crippen molar-refractivity contribution in [3.8, 4) is 11.1 Å². The van der Waals surface area contributed by atoms with Crippen LogP contribution < -0.4 is 0 Å². The van der Waals surface area contributed by atoms with Gasteiger partial charge >= 0.3 is 6.18 Å². The Labute approximate surface area is 186 Å². The van der Waals surface area contributed by atoms with Gasteiger partial charge in [-0.25, -0.2) is 8.42 Å². The van der Waals surface area contributed by atoms with E-state index in [9.17, 15) is 21.6 Å². The van der Waals surface area contributed by atoms with Gasteiger partial charge < -0.3 is 5.41 Å². The van der Waals surface area contributed by atoms with E-state index in [1.807, 2.05) is 0 Å². The van der Waals surface area contributed by atoms with E-state index >= 15 is 0 Å². The van der Waals surface area contributed by atoms with Crippen LogP contribution in [0.2, 0.25) is 5.02 Å². The van der Waals surface area contributed by atoms with Gasteiger partial charge in [-0.3, -0.25) is 4.99 Å². The van der Waals surface area contributed by atoms with Crippen LogP contribution in [0.25, 0.3) is 11.1 Å². The number of hydrogen-bond acceptors (Lipinski definition) is 5. The second-order valence-corrected chi connectivity index (χ2v) is 10.00. The summed E-state index contributed by atoms with van der Waals surface area (Å²) in [6.45, 7) is 0. The molecule has 0 aliphatic carbocycles. The van der Waals surface area contributed by atoms with Crippen molar-refractivity contribution in [2.24, 2.45) is 4.99 Å². The summed E-state index contributed by atoms with van der Waals surface area (Å²) >= 11 is 7.26. The molecule has 0 unspecified atom stereocenters. The number of nitrogens with zero attached hydrogens (tertiary/aromatic N) is 1. The molecule has 4 nitrogen and oxygen atoms in total. The number of rotatable bonds is 6. The molecule has 2 aromatic carbocycles. The average molecular weight is 485 g/mol. The molecule has 0 saturated heterocycles. The van der Waals surface area contributed by atoms with Crippen molar-refractivity contribution in [1.82, 2.24) is 0 Å². The van der Waals surface area contributed by atoms with E-state index in [4.69, 9.17) is 17.0 Å². The zero-order valence-corrected chi connectivity index (χ0v) is 18.5. The zero-order valence-electron chi connectivity index (χ0n) is 16.1. The third-order valence-electron chi connectivity index (χ3n) is 4.27. The van der Waals surface area contributed by atoms with E-state index in [0.29, 0.717) is 21.7 Å². The first-order valence-electron chi connectivity index (χ1n) is 8.81. The highest BCUT2D eigenvalue weighted by molar-refractivity contribution is 7.90. The van der Waals surface area contributed by atoms with Gasteiger partial charge in [0.1, 0.15) is 5.71 Å². The Kier molecular flexibility index (Phi) is 6.68. The largest absolute Gasteiger partial charge is 0.429 e. The number of thiophene rings is 1. The fourth-order valence-corrected chi connectivity index (χ4v) is 4.43. The lowest BCUT2D eigenvalue weighted by Crippen LogP contribution is -2.24. The number of sulfone groups is 1. The topological polar surface area (TPSA) is 70.3 Å². The summed E-state index contributed by atoms with van der Waals surface area (Å²) in [4.78, 5) is 4.87. The monoisotopic (exact) mass is 484 g/mol. The van der Waals surface area contributed by atoms with Gasteiger partial charge in [0, 0.05) is 17.6 Å². The quantitative estimate of drug-likeness (QED) is 0.402. The second kappa shape index (κ2) is 8.94. The Morgan fingerprint density at radius 2 is 1.81 bits per heavy atom. The molecule has 0 aliphatic rings. The molecule has 31 heavy (non-hydrogen) atoms. The molecule has 0 saturated carbocycles. The van der Waals surface area contributed by atoms with Crippen molar-refractivity contribution in [3.63, 3.8) is 0 Å². The van der Waals surface area contributed by atoms with Gasteiger partial charge in [-0.2, -0.15) is 13.2 Å². The standard InChI is InChI=1S/C21H16ClF3N2O2S2/c1-31(28,29)15-6-4-5-13(9-15)14-10-19(30-12-14)18(11-20(26)21(23,24)25)27-17-8-3-2-7-16(17)22/h2-10,12,26H,11H2,1H3. The minimum atomic E-state index is -4.77. The molecule has 0 bridgehead atoms. The van der Waals surface area contributed by atoms with Crippen molar-refractivity contribution in [1.29, 1.82) is 5.41 Å². The molecular weight excluding hydrogens is 469 g/mol. The summed E-state index contributed by atoms with van der Waals surface area (Å²) in [6, 6.07) is 14.4. The summed E-state index contributed by atoms with van der Waals surface area (Å²) in [6.07, 6.45) is -4.40. The highest BCUT2D eigenvalue weighted by atomic mass is 35.5. The van der Waals surface area contributed by atoms with Crippen LogP contribution in [-0.2, 0) is 9.84 Å². The minimum Gasteiger partial charge on any atom is -0.300 e. The lowest BCUT2D eigenvalue weighted by molar-refractivity contribution is -0.0605. The van der Waals surface area contributed by atoms with Crippen LogP contribution in [0.5, 0.6) is 0 Å². The Morgan fingerprint density at radius 1 is 1.10 bits per heavy atom. The summed E-state index contributed by atoms with van der Waals surface area (Å²) in [5.74, 6) is 0. The van der Waals surface area contributed by atoms with Crippen LogP contribution in [0.15, 0.2) is 69.9 Å². The van der Waals surface area contributed by atoms with Gasteiger partial charge in [0.05, 0.1) is 21.3 Å². The molecular formula is C21H16ClF3N2O2S2. The first-order chi connectivity index (χ1) is 14.4. The molecule has 0 fully saturated rings. The molecule has 0 aliphatic heterocycles. The number of halogens is 4. The van der Waals surface area contributed by atoms with Gasteiger partial charge in [0.2, 0.25) is 0 Å². The summed E-state index contributed by atoms with van der Waals surface area (Å²) < 4.78 is 62.7. The highest BCUT2D eigenvalue weighted by Gasteiger charge is 2.35. The molecule has 0 atom stereocenters. The second-order valence-electron chi connectivity index (χ2n) is 6.66. The molecule has 10 heteroatoms. The van der Waals surface area contributed by atoms with Crippen molar-refractivity contribution in [2.45, 2.75) is 17.5 Å². The lowest BCUT2D eigenvalue weighted by Gasteiger charge is -2.10. The van der Waals surface area contributed by atoms with E-state index in [2.05, 4.69) is 4.99 Å². The third kappa shape index (κ3) is 5.81. The van der Waals surface area contributed by atoms with E-state index in [1.165, 1.54) is 12.1 Å². The predicted molar refractivity (Wildman–Crippen MR) is 119 cm³/mol. The molecule has 162 valence electrons. The maximum absolute atomic E-state index is 13.0. The van der Waals surface area contributed by atoms with Crippen LogP contribution in [0.4, 0.5) is 18.9 Å². The van der Waals surface area contributed by atoms with Gasteiger partial charge in [0.15, 0.2) is 9.84 Å². The molecule has 1 aromatic heterocycles. The molecule has 1 N–H and O–H groups in total. The molecule has 0 spiro atoms. The molecule has 3 rings (SSSR count).